The van der Waals surface area contributed by atoms with Crippen molar-refractivity contribution in [3.05, 3.63) is 0 Å². The third-order valence-corrected chi connectivity index (χ3v) is 1.05. The maximum Gasteiger partial charge on any atom is 0.141 e. The SMILES string of the molecule is N[C@@H]1COC[C@@H]1F. The van der Waals surface area contributed by atoms with E-state index in [-0.39, 0.29) is 12.6 Å². The average Bonchev–Trinajstić information content (AvgIpc) is 1.91. The van der Waals surface area contributed by atoms with E-state index in [2.05, 4.69) is 4.74 Å². The highest BCUT2D eigenvalue weighted by atomic mass is 19.1. The Morgan fingerprint density at radius 1 is 1.57 bits per heavy atom. The van der Waals surface area contributed by atoms with Gasteiger partial charge < -0.3 is 10.5 Å². The molecule has 42 valence electrons. The molecule has 0 saturated carbocycles. The zero-order valence-corrected chi connectivity index (χ0v) is 3.93. The van der Waals surface area contributed by atoms with E-state index in [1.807, 2.05) is 0 Å². The second-order valence-corrected chi connectivity index (χ2v) is 1.72. The molecule has 0 bridgehead atoms. The molecule has 1 heterocycles. The summed E-state index contributed by atoms with van der Waals surface area (Å²) in [6.07, 6.45) is -0.931. The lowest BCUT2D eigenvalue weighted by molar-refractivity contribution is 0.173. The first-order valence-corrected chi connectivity index (χ1v) is 2.28. The molecule has 0 amide bonds. The molecule has 1 rings (SSSR count). The summed E-state index contributed by atoms with van der Waals surface area (Å²) in [6, 6.07) is -0.375. The van der Waals surface area contributed by atoms with Crippen LogP contribution in [0.4, 0.5) is 4.39 Å². The molecule has 3 heteroatoms. The predicted molar refractivity (Wildman–Crippen MR) is 23.7 cm³/mol. The van der Waals surface area contributed by atoms with Crippen molar-refractivity contribution in [1.82, 2.24) is 0 Å². The lowest BCUT2D eigenvalue weighted by Gasteiger charge is -1.98. The van der Waals surface area contributed by atoms with Crippen LogP contribution in [-0.4, -0.2) is 25.4 Å². The van der Waals surface area contributed by atoms with Crippen LogP contribution >= 0.6 is 0 Å². The van der Waals surface area contributed by atoms with Gasteiger partial charge in [-0.2, -0.15) is 0 Å². The third-order valence-electron chi connectivity index (χ3n) is 1.05. The Bertz CT molecular complexity index is 60.7. The van der Waals surface area contributed by atoms with Crippen molar-refractivity contribution in [1.29, 1.82) is 0 Å². The van der Waals surface area contributed by atoms with E-state index < -0.39 is 6.17 Å². The standard InChI is InChI=1S/C4H8FNO/c5-3-1-7-2-4(3)6/h3-4H,1-2,6H2/t3-,4+/m0/s1. The maximum atomic E-state index is 12.1. The lowest BCUT2D eigenvalue weighted by atomic mass is 10.3. The highest BCUT2D eigenvalue weighted by Gasteiger charge is 2.23. The highest BCUT2D eigenvalue weighted by molar-refractivity contribution is 4.76. The Morgan fingerprint density at radius 2 is 2.29 bits per heavy atom. The molecule has 1 fully saturated rings. The van der Waals surface area contributed by atoms with E-state index in [1.165, 1.54) is 0 Å². The number of rotatable bonds is 0. The Hall–Kier alpha value is -0.150. The van der Waals surface area contributed by atoms with Crippen LogP contribution in [0.1, 0.15) is 0 Å². The van der Waals surface area contributed by atoms with E-state index in [1.54, 1.807) is 0 Å². The molecule has 0 aliphatic carbocycles. The molecule has 0 aromatic heterocycles. The lowest BCUT2D eigenvalue weighted by Crippen LogP contribution is -2.29. The normalized spacial score (nSPS) is 42.0. The van der Waals surface area contributed by atoms with Gasteiger partial charge in [0.25, 0.3) is 0 Å². The van der Waals surface area contributed by atoms with E-state index in [4.69, 9.17) is 5.73 Å². The summed E-state index contributed by atoms with van der Waals surface area (Å²) in [6.45, 7) is 0.558. The Morgan fingerprint density at radius 3 is 2.43 bits per heavy atom. The topological polar surface area (TPSA) is 35.2 Å². The van der Waals surface area contributed by atoms with Gasteiger partial charge in [-0.1, -0.05) is 0 Å². The zero-order chi connectivity index (χ0) is 5.28. The molecule has 2 atom stereocenters. The first-order chi connectivity index (χ1) is 3.30. The van der Waals surface area contributed by atoms with Gasteiger partial charge >= 0.3 is 0 Å². The van der Waals surface area contributed by atoms with Crippen molar-refractivity contribution in [2.75, 3.05) is 13.2 Å². The second kappa shape index (κ2) is 1.76. The van der Waals surface area contributed by atoms with Gasteiger partial charge in [0.1, 0.15) is 6.17 Å². The molecule has 7 heavy (non-hydrogen) atoms. The predicted octanol–water partition coefficient (Wildman–Crippen LogP) is -0.318. The first-order valence-electron chi connectivity index (χ1n) is 2.28. The van der Waals surface area contributed by atoms with Crippen LogP contribution < -0.4 is 5.73 Å². The number of hydrogen-bond donors (Lipinski definition) is 1. The Balaban J connectivity index is 2.33. The monoisotopic (exact) mass is 105 g/mol. The fourth-order valence-electron chi connectivity index (χ4n) is 0.545. The Kier molecular flexibility index (Phi) is 1.25. The van der Waals surface area contributed by atoms with Crippen LogP contribution in [0.25, 0.3) is 0 Å². The molecular formula is C4H8FNO. The minimum atomic E-state index is -0.931. The second-order valence-electron chi connectivity index (χ2n) is 1.72. The molecular weight excluding hydrogens is 97.0 g/mol. The quantitative estimate of drug-likeness (QED) is 0.458. The summed E-state index contributed by atoms with van der Waals surface area (Å²) in [5, 5.41) is 0. The molecule has 1 aliphatic rings. The third kappa shape index (κ3) is 0.894. The molecule has 2 N–H and O–H groups in total. The molecule has 0 unspecified atom stereocenters. The number of halogens is 1. The van der Waals surface area contributed by atoms with Gasteiger partial charge in [-0.3, -0.25) is 0 Å². The van der Waals surface area contributed by atoms with Gasteiger partial charge in [0.2, 0.25) is 0 Å². The van der Waals surface area contributed by atoms with E-state index in [9.17, 15) is 4.39 Å². The van der Waals surface area contributed by atoms with Crippen molar-refractivity contribution in [2.45, 2.75) is 12.2 Å². The summed E-state index contributed by atoms with van der Waals surface area (Å²) >= 11 is 0. The molecule has 0 spiro atoms. The van der Waals surface area contributed by atoms with Crippen LogP contribution in [0.5, 0.6) is 0 Å². The van der Waals surface area contributed by atoms with Crippen LogP contribution in [0, 0.1) is 0 Å². The number of alkyl halides is 1. The fraction of sp³-hybridized carbons (Fsp3) is 1.00. The maximum absolute atomic E-state index is 12.1. The van der Waals surface area contributed by atoms with Gasteiger partial charge in [0.05, 0.1) is 19.3 Å². The largest absolute Gasteiger partial charge is 0.377 e. The van der Waals surface area contributed by atoms with Gasteiger partial charge in [0.15, 0.2) is 0 Å². The zero-order valence-electron chi connectivity index (χ0n) is 3.93. The smallest absolute Gasteiger partial charge is 0.141 e. The van der Waals surface area contributed by atoms with E-state index in [0.29, 0.717) is 6.61 Å². The van der Waals surface area contributed by atoms with Crippen molar-refractivity contribution in [3.63, 3.8) is 0 Å². The fourth-order valence-corrected chi connectivity index (χ4v) is 0.545. The van der Waals surface area contributed by atoms with Crippen LogP contribution in [0.15, 0.2) is 0 Å². The molecule has 0 radical (unpaired) electrons. The summed E-state index contributed by atoms with van der Waals surface area (Å²) in [5.74, 6) is 0. The van der Waals surface area contributed by atoms with Crippen molar-refractivity contribution >= 4 is 0 Å². The van der Waals surface area contributed by atoms with Crippen molar-refractivity contribution in [2.24, 2.45) is 5.73 Å². The van der Waals surface area contributed by atoms with Crippen molar-refractivity contribution < 1.29 is 9.13 Å². The van der Waals surface area contributed by atoms with Crippen LogP contribution in [0.2, 0.25) is 0 Å². The molecule has 1 aliphatic heterocycles. The number of hydrogen-bond acceptors (Lipinski definition) is 2. The number of ether oxygens (including phenoxy) is 1. The molecule has 2 nitrogen and oxygen atoms in total. The van der Waals surface area contributed by atoms with Gasteiger partial charge in [-0.15, -0.1) is 0 Å². The summed E-state index contributed by atoms with van der Waals surface area (Å²) in [4.78, 5) is 0. The van der Waals surface area contributed by atoms with Gasteiger partial charge in [-0.05, 0) is 0 Å². The minimum Gasteiger partial charge on any atom is -0.377 e. The average molecular weight is 105 g/mol. The van der Waals surface area contributed by atoms with E-state index >= 15 is 0 Å². The summed E-state index contributed by atoms with van der Waals surface area (Å²) in [7, 11) is 0. The number of nitrogens with two attached hydrogens (primary N) is 1. The van der Waals surface area contributed by atoms with Crippen LogP contribution in [0.3, 0.4) is 0 Å². The highest BCUT2D eigenvalue weighted by Crippen LogP contribution is 2.05. The van der Waals surface area contributed by atoms with Gasteiger partial charge in [-0.25, -0.2) is 4.39 Å². The molecule has 0 aromatic rings. The Labute approximate surface area is 41.4 Å². The molecule has 0 aromatic carbocycles. The van der Waals surface area contributed by atoms with Crippen LogP contribution in [-0.2, 0) is 4.74 Å². The minimum absolute atomic E-state index is 0.182. The summed E-state index contributed by atoms with van der Waals surface area (Å²) in [5.41, 5.74) is 5.18. The molecule has 1 saturated heterocycles. The summed E-state index contributed by atoms with van der Waals surface area (Å²) < 4.78 is 16.7. The van der Waals surface area contributed by atoms with Crippen molar-refractivity contribution in [3.8, 4) is 0 Å². The first kappa shape index (κ1) is 5.00. The van der Waals surface area contributed by atoms with Gasteiger partial charge in [0, 0.05) is 0 Å². The van der Waals surface area contributed by atoms with E-state index in [0.717, 1.165) is 0 Å².